The molecule has 182 valence electrons. The number of benzene rings is 3. The highest BCUT2D eigenvalue weighted by atomic mass is 16.6. The Labute approximate surface area is 208 Å². The highest BCUT2D eigenvalue weighted by Crippen LogP contribution is 2.24. The van der Waals surface area contributed by atoms with Crippen LogP contribution in [0.2, 0.25) is 0 Å². The minimum Gasteiger partial charge on any atom is -0.497 e. The number of ether oxygens (including phenoxy) is 2. The summed E-state index contributed by atoms with van der Waals surface area (Å²) in [6.45, 7) is 3.36. The van der Waals surface area contributed by atoms with E-state index in [2.05, 4.69) is 10.4 Å². The number of carbonyl (C=O) groups is 3. The van der Waals surface area contributed by atoms with E-state index < -0.39 is 23.8 Å². The number of Topliss-reactive ketones (excluding diaryl/α,β-unsaturated/α-hetero) is 1. The lowest BCUT2D eigenvalue weighted by Gasteiger charge is -2.18. The van der Waals surface area contributed by atoms with Gasteiger partial charge in [-0.05, 0) is 50.2 Å². The highest BCUT2D eigenvalue weighted by Gasteiger charge is 2.32. The van der Waals surface area contributed by atoms with Crippen molar-refractivity contribution in [3.8, 4) is 11.4 Å². The first kappa shape index (κ1) is 24.4. The van der Waals surface area contributed by atoms with E-state index >= 15 is 0 Å². The van der Waals surface area contributed by atoms with Crippen LogP contribution in [0.25, 0.3) is 5.69 Å². The third-order valence-corrected chi connectivity index (χ3v) is 5.63. The normalized spacial score (nSPS) is 11.4. The Morgan fingerprint density at radius 3 is 2.08 bits per heavy atom. The summed E-state index contributed by atoms with van der Waals surface area (Å²) in [5.74, 6) is -1.98. The Hall–Kier alpha value is -4.72. The van der Waals surface area contributed by atoms with E-state index in [0.717, 1.165) is 5.69 Å². The lowest BCUT2D eigenvalue weighted by Crippen LogP contribution is -2.29. The molecule has 4 aromatic rings. The first-order valence-corrected chi connectivity index (χ1v) is 11.3. The second-order valence-electron chi connectivity index (χ2n) is 8.04. The van der Waals surface area contributed by atoms with E-state index in [1.807, 2.05) is 30.3 Å². The van der Waals surface area contributed by atoms with Crippen molar-refractivity contribution in [2.45, 2.75) is 20.0 Å². The lowest BCUT2D eigenvalue weighted by molar-refractivity contribution is -0.149. The summed E-state index contributed by atoms with van der Waals surface area (Å²) >= 11 is 0. The van der Waals surface area contributed by atoms with Crippen molar-refractivity contribution >= 4 is 23.3 Å². The topological polar surface area (TPSA) is 99.5 Å². The summed E-state index contributed by atoms with van der Waals surface area (Å²) in [7, 11) is 1.54. The summed E-state index contributed by atoms with van der Waals surface area (Å²) < 4.78 is 12.2. The Bertz CT molecular complexity index is 1380. The maximum atomic E-state index is 13.2. The number of hydrogen-bond donors (Lipinski definition) is 1. The summed E-state index contributed by atoms with van der Waals surface area (Å²) in [5, 5.41) is 7.15. The number of nitrogens with zero attached hydrogens (tertiary/aromatic N) is 2. The van der Waals surface area contributed by atoms with E-state index in [4.69, 9.17) is 9.47 Å². The van der Waals surface area contributed by atoms with E-state index in [1.165, 1.54) is 0 Å². The maximum absolute atomic E-state index is 13.2. The lowest BCUT2D eigenvalue weighted by atomic mass is 10.1. The van der Waals surface area contributed by atoms with Gasteiger partial charge in [0, 0.05) is 11.3 Å². The Kier molecular flexibility index (Phi) is 7.25. The third kappa shape index (κ3) is 5.17. The first-order valence-electron chi connectivity index (χ1n) is 11.3. The highest BCUT2D eigenvalue weighted by molar-refractivity contribution is 6.41. The maximum Gasteiger partial charge on any atom is 0.380 e. The van der Waals surface area contributed by atoms with Crippen molar-refractivity contribution in [2.75, 3.05) is 12.4 Å². The van der Waals surface area contributed by atoms with Crippen LogP contribution in [0, 0.1) is 13.8 Å². The van der Waals surface area contributed by atoms with Gasteiger partial charge in [0.15, 0.2) is 0 Å². The number of anilines is 1. The number of rotatable bonds is 8. The van der Waals surface area contributed by atoms with Crippen LogP contribution in [-0.2, 0) is 14.3 Å². The molecule has 0 saturated heterocycles. The SMILES string of the molecule is COc1ccc(NC(=O)C(OC(=O)C(=O)c2c(C)nn(-c3ccccc3)c2C)c2ccccc2)cc1. The molecule has 1 heterocycles. The van der Waals surface area contributed by atoms with Gasteiger partial charge >= 0.3 is 5.97 Å². The molecule has 36 heavy (non-hydrogen) atoms. The summed E-state index contributed by atoms with van der Waals surface area (Å²) in [6.07, 6.45) is -1.34. The zero-order valence-corrected chi connectivity index (χ0v) is 20.1. The fraction of sp³-hybridized carbons (Fsp3) is 0.143. The number of aryl methyl sites for hydroxylation is 1. The van der Waals surface area contributed by atoms with Gasteiger partial charge in [-0.2, -0.15) is 5.10 Å². The average molecular weight is 484 g/mol. The number of amides is 1. The van der Waals surface area contributed by atoms with Crippen molar-refractivity contribution in [3.05, 3.63) is 107 Å². The summed E-state index contributed by atoms with van der Waals surface area (Å²) in [6, 6.07) is 24.5. The molecule has 0 aliphatic rings. The smallest absolute Gasteiger partial charge is 0.380 e. The number of aromatic nitrogens is 2. The van der Waals surface area contributed by atoms with Gasteiger partial charge in [-0.15, -0.1) is 0 Å². The minimum atomic E-state index is -1.34. The molecule has 1 amide bonds. The van der Waals surface area contributed by atoms with Gasteiger partial charge in [0.25, 0.3) is 11.7 Å². The van der Waals surface area contributed by atoms with Crippen molar-refractivity contribution in [3.63, 3.8) is 0 Å². The van der Waals surface area contributed by atoms with Crippen LogP contribution in [0.3, 0.4) is 0 Å². The molecule has 1 N–H and O–H groups in total. The van der Waals surface area contributed by atoms with Crippen LogP contribution in [0.1, 0.15) is 33.4 Å². The van der Waals surface area contributed by atoms with Gasteiger partial charge in [-0.3, -0.25) is 9.59 Å². The number of esters is 1. The standard InChI is InChI=1S/C28H25N3O5/c1-18-24(19(2)31(30-18)22-12-8-5-9-13-22)25(32)28(34)36-26(20-10-6-4-7-11-20)27(33)29-21-14-16-23(35-3)17-15-21/h4-17,26H,1-3H3,(H,29,33). The van der Waals surface area contributed by atoms with Gasteiger partial charge in [-0.1, -0.05) is 48.5 Å². The van der Waals surface area contributed by atoms with Gasteiger partial charge in [0.2, 0.25) is 6.10 Å². The predicted octanol–water partition coefficient (Wildman–Crippen LogP) is 4.60. The van der Waals surface area contributed by atoms with Gasteiger partial charge < -0.3 is 14.8 Å². The number of hydrogen-bond acceptors (Lipinski definition) is 6. The fourth-order valence-electron chi connectivity index (χ4n) is 3.84. The van der Waals surface area contributed by atoms with Crippen LogP contribution >= 0.6 is 0 Å². The van der Waals surface area contributed by atoms with E-state index in [1.54, 1.807) is 80.2 Å². The van der Waals surface area contributed by atoms with E-state index in [9.17, 15) is 14.4 Å². The molecule has 0 spiro atoms. The van der Waals surface area contributed by atoms with Crippen LogP contribution in [0.4, 0.5) is 5.69 Å². The van der Waals surface area contributed by atoms with Gasteiger partial charge in [-0.25, -0.2) is 9.48 Å². The molecular formula is C28H25N3O5. The molecule has 1 aromatic heterocycles. The number of carbonyl (C=O) groups excluding carboxylic acids is 3. The second-order valence-corrected chi connectivity index (χ2v) is 8.04. The molecule has 3 aromatic carbocycles. The molecule has 8 heteroatoms. The molecule has 8 nitrogen and oxygen atoms in total. The predicted molar refractivity (Wildman–Crippen MR) is 134 cm³/mol. The minimum absolute atomic E-state index is 0.145. The Morgan fingerprint density at radius 2 is 1.47 bits per heavy atom. The number of para-hydroxylation sites is 1. The first-order chi connectivity index (χ1) is 17.4. The zero-order valence-electron chi connectivity index (χ0n) is 20.1. The molecule has 0 aliphatic heterocycles. The molecular weight excluding hydrogens is 458 g/mol. The summed E-state index contributed by atoms with van der Waals surface area (Å²) in [4.78, 5) is 39.3. The number of ketones is 1. The quantitative estimate of drug-likeness (QED) is 0.223. The molecule has 0 aliphatic carbocycles. The number of methoxy groups -OCH3 is 1. The molecule has 1 atom stereocenters. The Morgan fingerprint density at radius 1 is 0.861 bits per heavy atom. The van der Waals surface area contributed by atoms with E-state index in [-0.39, 0.29) is 5.56 Å². The molecule has 4 rings (SSSR count). The van der Waals surface area contributed by atoms with Crippen molar-refractivity contribution in [1.82, 2.24) is 9.78 Å². The van der Waals surface area contributed by atoms with Gasteiger partial charge in [0.1, 0.15) is 5.75 Å². The van der Waals surface area contributed by atoms with E-state index in [0.29, 0.717) is 28.4 Å². The van der Waals surface area contributed by atoms with Crippen LogP contribution in [0.15, 0.2) is 84.9 Å². The Balaban J connectivity index is 1.58. The molecule has 0 radical (unpaired) electrons. The second kappa shape index (κ2) is 10.7. The molecule has 0 fully saturated rings. The number of nitrogens with one attached hydrogen (secondary N) is 1. The molecule has 0 saturated carbocycles. The third-order valence-electron chi connectivity index (χ3n) is 5.63. The summed E-state index contributed by atoms with van der Waals surface area (Å²) in [5.41, 5.74) is 2.70. The van der Waals surface area contributed by atoms with Crippen LogP contribution in [0.5, 0.6) is 5.75 Å². The average Bonchev–Trinajstić information content (AvgIpc) is 3.21. The zero-order chi connectivity index (χ0) is 25.7. The van der Waals surface area contributed by atoms with Crippen molar-refractivity contribution in [2.24, 2.45) is 0 Å². The monoisotopic (exact) mass is 483 g/mol. The van der Waals surface area contributed by atoms with Crippen LogP contribution in [-0.4, -0.2) is 34.6 Å². The molecule has 1 unspecified atom stereocenters. The van der Waals surface area contributed by atoms with Crippen molar-refractivity contribution < 1.29 is 23.9 Å². The van der Waals surface area contributed by atoms with Crippen LogP contribution < -0.4 is 10.1 Å². The molecule has 0 bridgehead atoms. The van der Waals surface area contributed by atoms with Crippen molar-refractivity contribution in [1.29, 1.82) is 0 Å². The van der Waals surface area contributed by atoms with Gasteiger partial charge in [0.05, 0.1) is 29.7 Å². The fourth-order valence-corrected chi connectivity index (χ4v) is 3.84. The largest absolute Gasteiger partial charge is 0.497 e.